The Hall–Kier alpha value is -4.15. The number of aromatic amines is 1. The number of carbonyl (C=O) groups is 2. The molecule has 0 amide bonds. The van der Waals surface area contributed by atoms with E-state index in [4.69, 9.17) is 53.8 Å². The molecule has 0 spiro atoms. The second-order valence-corrected chi connectivity index (χ2v) is 16.0. The molecular formula is C36H41Cl3F4N6O6. The average molecular weight is 836 g/mol. The third-order valence-corrected chi connectivity index (χ3v) is 8.68. The molecule has 4 aromatic heterocycles. The molecule has 0 aliphatic heterocycles. The highest BCUT2D eigenvalue weighted by Crippen LogP contribution is 2.51. The summed E-state index contributed by atoms with van der Waals surface area (Å²) in [7, 11) is 0. The zero-order chi connectivity index (χ0) is 40.8. The van der Waals surface area contributed by atoms with Crippen molar-refractivity contribution in [3.8, 4) is 17.6 Å². The van der Waals surface area contributed by atoms with Crippen molar-refractivity contribution >= 4 is 46.7 Å². The number of carbonyl (C=O) groups excluding carboxylic acids is 2. The number of nitrogens with zero attached hydrogens (tertiary/aromatic N) is 5. The Balaban J connectivity index is 0.000000202. The number of alkyl halides is 4. The fourth-order valence-electron chi connectivity index (χ4n) is 4.38. The first-order valence-electron chi connectivity index (χ1n) is 16.9. The standard InChI is InChI=1S/C18H20ClF2N3O3.C10H11Cl2NO2.C8H10F2N2O/c1-17(2,3)27-15(25)11-4-5-12(22-14(11)19)24-9-6-13(23-24)26-10-18(7-8-18)16(20)21;1-10(2,3)15-9(14)6-4-5-7(11)13-8(6)12;9-7(10)8(2-3-8)5-13-6-1-4-11-12-6/h4-6,9,16H,7-8,10H2,1-3H3;4-5H,1-3H3;1,4,7H,2-3,5H2,(H,11,12). The molecule has 55 heavy (non-hydrogen) atoms. The number of H-pyrrole nitrogens is 1. The summed E-state index contributed by atoms with van der Waals surface area (Å²) in [6.07, 6.45) is 0.428. The van der Waals surface area contributed by atoms with Crippen LogP contribution >= 0.6 is 34.8 Å². The molecule has 2 aliphatic rings. The molecule has 6 rings (SSSR count). The van der Waals surface area contributed by atoms with Crippen LogP contribution in [-0.2, 0) is 9.47 Å². The van der Waals surface area contributed by atoms with Gasteiger partial charge in [0.05, 0.1) is 28.2 Å². The summed E-state index contributed by atoms with van der Waals surface area (Å²) in [6.45, 7) is 10.6. The maximum absolute atomic E-state index is 12.9. The number of rotatable bonds is 11. The molecule has 300 valence electrons. The van der Waals surface area contributed by atoms with Crippen LogP contribution in [0.25, 0.3) is 5.82 Å². The summed E-state index contributed by atoms with van der Waals surface area (Å²) in [5.41, 5.74) is -2.77. The van der Waals surface area contributed by atoms with E-state index in [2.05, 4.69) is 25.3 Å². The smallest absolute Gasteiger partial charge is 0.341 e. The second kappa shape index (κ2) is 17.8. The Morgan fingerprint density at radius 3 is 1.71 bits per heavy atom. The van der Waals surface area contributed by atoms with Gasteiger partial charge in [-0.15, -0.1) is 5.10 Å². The average Bonchev–Trinajstić information content (AvgIpc) is 3.93. The molecule has 0 unspecified atom stereocenters. The Kier molecular flexibility index (Phi) is 14.1. The van der Waals surface area contributed by atoms with Crippen LogP contribution in [0.1, 0.15) is 87.9 Å². The lowest BCUT2D eigenvalue weighted by Gasteiger charge is -2.19. The van der Waals surface area contributed by atoms with Crippen LogP contribution in [-0.4, -0.2) is 79.2 Å². The molecular weight excluding hydrogens is 795 g/mol. The zero-order valence-electron chi connectivity index (χ0n) is 30.8. The van der Waals surface area contributed by atoms with Crippen molar-refractivity contribution < 1.29 is 46.1 Å². The lowest BCUT2D eigenvalue weighted by molar-refractivity contribution is 0.00567. The first-order chi connectivity index (χ1) is 25.6. The fraction of sp³-hybridized carbons (Fsp3) is 0.500. The summed E-state index contributed by atoms with van der Waals surface area (Å²) in [4.78, 5) is 31.6. The largest absolute Gasteiger partial charge is 0.477 e. The Morgan fingerprint density at radius 2 is 1.27 bits per heavy atom. The number of nitrogens with one attached hydrogen (secondary N) is 1. The van der Waals surface area contributed by atoms with Gasteiger partial charge in [0.1, 0.15) is 39.9 Å². The van der Waals surface area contributed by atoms with Gasteiger partial charge in [-0.1, -0.05) is 34.8 Å². The van der Waals surface area contributed by atoms with E-state index in [1.165, 1.54) is 29.1 Å². The zero-order valence-corrected chi connectivity index (χ0v) is 33.1. The Morgan fingerprint density at radius 1 is 0.764 bits per heavy atom. The molecule has 0 radical (unpaired) electrons. The van der Waals surface area contributed by atoms with Crippen LogP contribution in [0.2, 0.25) is 15.5 Å². The monoisotopic (exact) mass is 834 g/mol. The van der Waals surface area contributed by atoms with Gasteiger partial charge in [0.15, 0.2) is 5.82 Å². The maximum atomic E-state index is 12.9. The van der Waals surface area contributed by atoms with E-state index in [-0.39, 0.29) is 45.7 Å². The van der Waals surface area contributed by atoms with E-state index in [0.717, 1.165) is 0 Å². The van der Waals surface area contributed by atoms with Crippen LogP contribution in [0.15, 0.2) is 48.8 Å². The number of aromatic nitrogens is 6. The quantitative estimate of drug-likeness (QED) is 0.0882. The highest BCUT2D eigenvalue weighted by molar-refractivity contribution is 6.34. The van der Waals surface area contributed by atoms with Crippen molar-refractivity contribution in [2.75, 3.05) is 13.2 Å². The van der Waals surface area contributed by atoms with Crippen molar-refractivity contribution in [1.29, 1.82) is 0 Å². The molecule has 2 fully saturated rings. The molecule has 0 bridgehead atoms. The fourth-order valence-corrected chi connectivity index (χ4v) is 5.03. The minimum atomic E-state index is -2.40. The van der Waals surface area contributed by atoms with Crippen molar-refractivity contribution in [1.82, 2.24) is 29.9 Å². The van der Waals surface area contributed by atoms with Crippen LogP contribution < -0.4 is 9.47 Å². The Bertz CT molecular complexity index is 1910. The van der Waals surface area contributed by atoms with Gasteiger partial charge in [-0.05, 0) is 91.5 Å². The summed E-state index contributed by atoms with van der Waals surface area (Å²) >= 11 is 17.5. The van der Waals surface area contributed by atoms with E-state index < -0.39 is 46.8 Å². The molecule has 12 nitrogen and oxygen atoms in total. The topological polar surface area (TPSA) is 143 Å². The van der Waals surface area contributed by atoms with Crippen LogP contribution in [0.4, 0.5) is 17.6 Å². The lowest BCUT2D eigenvalue weighted by Crippen LogP contribution is -2.24. The number of halogens is 7. The van der Waals surface area contributed by atoms with Gasteiger partial charge in [-0.2, -0.15) is 5.10 Å². The maximum Gasteiger partial charge on any atom is 0.341 e. The van der Waals surface area contributed by atoms with Gasteiger partial charge < -0.3 is 18.9 Å². The number of ether oxygens (including phenoxy) is 4. The van der Waals surface area contributed by atoms with Gasteiger partial charge in [0.2, 0.25) is 24.6 Å². The van der Waals surface area contributed by atoms with E-state index in [9.17, 15) is 27.2 Å². The minimum absolute atomic E-state index is 0.0191. The number of pyridine rings is 2. The summed E-state index contributed by atoms with van der Waals surface area (Å²) in [5, 5.41) is 10.6. The van der Waals surface area contributed by atoms with Gasteiger partial charge in [0, 0.05) is 18.3 Å². The van der Waals surface area contributed by atoms with Gasteiger partial charge in [-0.3, -0.25) is 0 Å². The van der Waals surface area contributed by atoms with Gasteiger partial charge in [0.25, 0.3) is 0 Å². The Labute approximate surface area is 330 Å². The normalized spacial score (nSPS) is 15.3. The highest BCUT2D eigenvalue weighted by Gasteiger charge is 2.52. The van der Waals surface area contributed by atoms with Crippen LogP contribution in [0, 0.1) is 10.8 Å². The number of hydrogen-bond acceptors (Lipinski definition) is 10. The number of esters is 2. The molecule has 4 heterocycles. The van der Waals surface area contributed by atoms with Crippen molar-refractivity contribution in [3.05, 3.63) is 75.4 Å². The van der Waals surface area contributed by atoms with E-state index in [0.29, 0.717) is 37.4 Å². The molecule has 0 aromatic carbocycles. The second-order valence-electron chi connectivity index (χ2n) is 14.9. The van der Waals surface area contributed by atoms with Crippen LogP contribution in [0.3, 0.4) is 0 Å². The lowest BCUT2D eigenvalue weighted by atomic mass is 10.1. The molecule has 2 saturated carbocycles. The van der Waals surface area contributed by atoms with E-state index >= 15 is 0 Å². The van der Waals surface area contributed by atoms with Crippen molar-refractivity contribution in [3.63, 3.8) is 0 Å². The third-order valence-electron chi connectivity index (χ3n) is 7.89. The first-order valence-corrected chi connectivity index (χ1v) is 18.1. The summed E-state index contributed by atoms with van der Waals surface area (Å²) in [5.74, 6) is -0.0467. The first kappa shape index (κ1) is 43.6. The predicted octanol–water partition coefficient (Wildman–Crippen LogP) is 9.48. The molecule has 0 atom stereocenters. The SMILES string of the molecule is CC(C)(C)OC(=O)c1ccc(-n2ccc(OCC3(C(F)F)CC3)n2)nc1Cl.CC(C)(C)OC(=O)c1ccc(Cl)nc1Cl.FC(F)C1(COc2ccn[nH]2)CC1. The minimum Gasteiger partial charge on any atom is -0.477 e. The molecule has 2 aliphatic carbocycles. The summed E-state index contributed by atoms with van der Waals surface area (Å²) < 4.78 is 73.0. The molecule has 0 saturated heterocycles. The van der Waals surface area contributed by atoms with Crippen molar-refractivity contribution in [2.24, 2.45) is 10.8 Å². The van der Waals surface area contributed by atoms with Crippen LogP contribution in [0.5, 0.6) is 11.8 Å². The van der Waals surface area contributed by atoms with E-state index in [1.807, 2.05) is 0 Å². The van der Waals surface area contributed by atoms with E-state index in [1.54, 1.807) is 65.9 Å². The van der Waals surface area contributed by atoms with Gasteiger partial charge in [-0.25, -0.2) is 46.9 Å². The molecule has 19 heteroatoms. The highest BCUT2D eigenvalue weighted by atomic mass is 35.5. The predicted molar refractivity (Wildman–Crippen MR) is 196 cm³/mol. The number of hydrogen-bond donors (Lipinski definition) is 1. The third kappa shape index (κ3) is 13.0. The van der Waals surface area contributed by atoms with Crippen molar-refractivity contribution in [2.45, 2.75) is 91.3 Å². The summed E-state index contributed by atoms with van der Waals surface area (Å²) in [6, 6.07) is 9.21. The van der Waals surface area contributed by atoms with Gasteiger partial charge >= 0.3 is 11.9 Å². The molecule has 1 N–H and O–H groups in total. The molecule has 4 aromatic rings.